The molecule has 0 saturated heterocycles. The summed E-state index contributed by atoms with van der Waals surface area (Å²) in [7, 11) is 0. The van der Waals surface area contributed by atoms with Crippen molar-refractivity contribution in [2.75, 3.05) is 5.75 Å². The lowest BCUT2D eigenvalue weighted by molar-refractivity contribution is -0.118. The number of halogens is 2. The Labute approximate surface area is 142 Å². The van der Waals surface area contributed by atoms with E-state index in [1.54, 1.807) is 11.8 Å². The van der Waals surface area contributed by atoms with E-state index in [9.17, 15) is 4.79 Å². The van der Waals surface area contributed by atoms with Gasteiger partial charge in [0, 0.05) is 20.9 Å². The van der Waals surface area contributed by atoms with Gasteiger partial charge in [0.05, 0.1) is 5.75 Å². The maximum absolute atomic E-state index is 11.9. The Balaban J connectivity index is 1.82. The van der Waals surface area contributed by atoms with Crippen LogP contribution in [0.25, 0.3) is 0 Å². The zero-order valence-corrected chi connectivity index (χ0v) is 14.7. The molecule has 1 N–H and O–H groups in total. The molecule has 2 nitrogen and oxygen atoms in total. The molecule has 0 saturated carbocycles. The van der Waals surface area contributed by atoms with Crippen molar-refractivity contribution in [2.45, 2.75) is 18.4 Å². The number of carbonyl (C=O) groups is 1. The Hall–Kier alpha value is -0.970. The molecule has 0 aliphatic carbocycles. The Bertz CT molecular complexity index is 648. The van der Waals surface area contributed by atoms with Gasteiger partial charge in [-0.1, -0.05) is 39.7 Å². The molecule has 2 rings (SSSR count). The van der Waals surface area contributed by atoms with Gasteiger partial charge < -0.3 is 5.32 Å². The molecule has 0 unspecified atom stereocenters. The molecule has 0 atom stereocenters. The van der Waals surface area contributed by atoms with Gasteiger partial charge in [0.2, 0.25) is 5.91 Å². The fraction of sp³-hybridized carbons (Fsp3) is 0.188. The highest BCUT2D eigenvalue weighted by Crippen LogP contribution is 2.25. The molecular formula is C16H15BrClNOS. The molecule has 110 valence electrons. The van der Waals surface area contributed by atoms with Gasteiger partial charge in [0.1, 0.15) is 0 Å². The van der Waals surface area contributed by atoms with Gasteiger partial charge in [-0.3, -0.25) is 4.79 Å². The van der Waals surface area contributed by atoms with Crippen LogP contribution in [-0.4, -0.2) is 11.7 Å². The van der Waals surface area contributed by atoms with Crippen LogP contribution in [0, 0.1) is 6.92 Å². The highest BCUT2D eigenvalue weighted by molar-refractivity contribution is 9.10. The van der Waals surface area contributed by atoms with Crippen molar-refractivity contribution in [1.29, 1.82) is 0 Å². The molecule has 5 heteroatoms. The van der Waals surface area contributed by atoms with Gasteiger partial charge in [-0.2, -0.15) is 0 Å². The average molecular weight is 385 g/mol. The Morgan fingerprint density at radius 1 is 1.29 bits per heavy atom. The van der Waals surface area contributed by atoms with Crippen LogP contribution in [-0.2, 0) is 11.3 Å². The van der Waals surface area contributed by atoms with Crippen molar-refractivity contribution in [3.8, 4) is 0 Å². The van der Waals surface area contributed by atoms with E-state index in [1.165, 1.54) is 0 Å². The van der Waals surface area contributed by atoms with E-state index < -0.39 is 0 Å². The van der Waals surface area contributed by atoms with Crippen LogP contribution in [0.5, 0.6) is 0 Å². The lowest BCUT2D eigenvalue weighted by atomic mass is 10.2. The molecule has 2 aromatic rings. The Morgan fingerprint density at radius 3 is 2.81 bits per heavy atom. The van der Waals surface area contributed by atoms with Crippen LogP contribution in [0.4, 0.5) is 0 Å². The minimum Gasteiger partial charge on any atom is -0.351 e. The van der Waals surface area contributed by atoms with Gasteiger partial charge in [0.15, 0.2) is 0 Å². The summed E-state index contributed by atoms with van der Waals surface area (Å²) < 4.78 is 1.05. The zero-order valence-electron chi connectivity index (χ0n) is 11.5. The normalized spacial score (nSPS) is 10.4. The molecule has 0 aromatic heterocycles. The third kappa shape index (κ3) is 5.38. The van der Waals surface area contributed by atoms with E-state index in [1.807, 2.05) is 49.4 Å². The van der Waals surface area contributed by atoms with Crippen LogP contribution in [0.2, 0.25) is 5.02 Å². The predicted molar refractivity (Wildman–Crippen MR) is 92.9 cm³/mol. The van der Waals surface area contributed by atoms with Crippen molar-refractivity contribution in [3.05, 3.63) is 63.1 Å². The number of aryl methyl sites for hydroxylation is 1. The van der Waals surface area contributed by atoms with Crippen LogP contribution < -0.4 is 5.32 Å². The second-order valence-electron chi connectivity index (χ2n) is 4.61. The monoisotopic (exact) mass is 383 g/mol. The minimum absolute atomic E-state index is 0.0160. The van der Waals surface area contributed by atoms with Crippen molar-refractivity contribution in [3.63, 3.8) is 0 Å². The molecule has 0 aliphatic heterocycles. The Morgan fingerprint density at radius 2 is 2.10 bits per heavy atom. The fourth-order valence-electron chi connectivity index (χ4n) is 1.82. The first kappa shape index (κ1) is 16.4. The summed E-state index contributed by atoms with van der Waals surface area (Å²) in [5.74, 6) is 0.422. The van der Waals surface area contributed by atoms with Crippen LogP contribution >= 0.6 is 39.3 Å². The van der Waals surface area contributed by atoms with Crippen molar-refractivity contribution < 1.29 is 4.79 Å². The summed E-state index contributed by atoms with van der Waals surface area (Å²) in [4.78, 5) is 13.0. The van der Waals surface area contributed by atoms with Gasteiger partial charge in [-0.15, -0.1) is 11.8 Å². The van der Waals surface area contributed by atoms with Crippen LogP contribution in [0.1, 0.15) is 11.1 Å². The van der Waals surface area contributed by atoms with Crippen molar-refractivity contribution >= 4 is 45.2 Å². The lowest BCUT2D eigenvalue weighted by Gasteiger charge is -2.07. The molecule has 0 heterocycles. The molecule has 0 fully saturated rings. The summed E-state index contributed by atoms with van der Waals surface area (Å²) >= 11 is 10.9. The minimum atomic E-state index is 0.0160. The first-order chi connectivity index (χ1) is 10.0. The van der Waals surface area contributed by atoms with Gasteiger partial charge in [-0.05, 0) is 48.4 Å². The maximum Gasteiger partial charge on any atom is 0.230 e. The molecule has 0 aliphatic rings. The third-order valence-corrected chi connectivity index (χ3v) is 4.78. The summed E-state index contributed by atoms with van der Waals surface area (Å²) in [6.45, 7) is 2.54. The number of hydrogen-bond acceptors (Lipinski definition) is 2. The SMILES string of the molecule is Cc1cc(Br)ccc1SCC(=O)NCc1cccc(Cl)c1. The maximum atomic E-state index is 11.9. The number of amides is 1. The van der Waals surface area contributed by atoms with E-state index in [0.717, 1.165) is 20.5 Å². The summed E-state index contributed by atoms with van der Waals surface area (Å²) in [5.41, 5.74) is 2.16. The summed E-state index contributed by atoms with van der Waals surface area (Å²) in [6.07, 6.45) is 0. The molecule has 0 radical (unpaired) electrons. The second kappa shape index (κ2) is 7.87. The number of nitrogens with one attached hydrogen (secondary N) is 1. The van der Waals surface area contributed by atoms with Crippen LogP contribution in [0.15, 0.2) is 51.8 Å². The zero-order chi connectivity index (χ0) is 15.2. The summed E-state index contributed by atoms with van der Waals surface area (Å²) in [6, 6.07) is 13.6. The summed E-state index contributed by atoms with van der Waals surface area (Å²) in [5, 5.41) is 3.58. The number of hydrogen-bond donors (Lipinski definition) is 1. The van der Waals surface area contributed by atoms with E-state index in [-0.39, 0.29) is 5.91 Å². The Kier molecular flexibility index (Phi) is 6.15. The standard InChI is InChI=1S/C16H15BrClNOS/c1-11-7-13(17)5-6-15(11)21-10-16(20)19-9-12-3-2-4-14(18)8-12/h2-8H,9-10H2,1H3,(H,19,20). The number of carbonyl (C=O) groups excluding carboxylic acids is 1. The quantitative estimate of drug-likeness (QED) is 0.749. The van der Waals surface area contributed by atoms with Crippen molar-refractivity contribution in [2.24, 2.45) is 0 Å². The molecule has 2 aromatic carbocycles. The van der Waals surface area contributed by atoms with E-state index in [4.69, 9.17) is 11.6 Å². The molecule has 1 amide bonds. The second-order valence-corrected chi connectivity index (χ2v) is 6.97. The van der Waals surface area contributed by atoms with Crippen molar-refractivity contribution in [1.82, 2.24) is 5.32 Å². The smallest absolute Gasteiger partial charge is 0.230 e. The number of rotatable bonds is 5. The highest BCUT2D eigenvalue weighted by atomic mass is 79.9. The largest absolute Gasteiger partial charge is 0.351 e. The fourth-order valence-corrected chi connectivity index (χ4v) is 3.34. The molecular weight excluding hydrogens is 370 g/mol. The molecule has 0 bridgehead atoms. The predicted octanol–water partition coefficient (Wildman–Crippen LogP) is 4.82. The van der Waals surface area contributed by atoms with E-state index >= 15 is 0 Å². The molecule has 0 spiro atoms. The van der Waals surface area contributed by atoms with E-state index in [2.05, 4.69) is 21.2 Å². The first-order valence-electron chi connectivity index (χ1n) is 6.44. The van der Waals surface area contributed by atoms with Gasteiger partial charge in [-0.25, -0.2) is 0 Å². The van der Waals surface area contributed by atoms with E-state index in [0.29, 0.717) is 17.3 Å². The van der Waals surface area contributed by atoms with Gasteiger partial charge in [0.25, 0.3) is 0 Å². The highest BCUT2D eigenvalue weighted by Gasteiger charge is 2.05. The first-order valence-corrected chi connectivity index (χ1v) is 8.60. The molecule has 21 heavy (non-hydrogen) atoms. The number of thioether (sulfide) groups is 1. The average Bonchev–Trinajstić information content (AvgIpc) is 2.44. The topological polar surface area (TPSA) is 29.1 Å². The van der Waals surface area contributed by atoms with Gasteiger partial charge >= 0.3 is 0 Å². The van der Waals surface area contributed by atoms with Crippen LogP contribution in [0.3, 0.4) is 0 Å². The third-order valence-electron chi connectivity index (χ3n) is 2.87. The lowest BCUT2D eigenvalue weighted by Crippen LogP contribution is -2.24. The number of benzene rings is 2.